The van der Waals surface area contributed by atoms with E-state index in [9.17, 15) is 4.79 Å². The number of benzene rings is 2. The summed E-state index contributed by atoms with van der Waals surface area (Å²) >= 11 is 0. The molecule has 0 radical (unpaired) electrons. The smallest absolute Gasteiger partial charge is 0.254 e. The molecule has 0 spiro atoms. The molecule has 0 aliphatic heterocycles. The quantitative estimate of drug-likeness (QED) is 0.947. The first kappa shape index (κ1) is 15.8. The van der Waals surface area contributed by atoms with E-state index in [0.29, 0.717) is 6.54 Å². The summed E-state index contributed by atoms with van der Waals surface area (Å²) in [6.07, 6.45) is 2.79. The van der Waals surface area contributed by atoms with E-state index in [4.69, 9.17) is 5.73 Å². The predicted molar refractivity (Wildman–Crippen MR) is 93.4 cm³/mol. The van der Waals surface area contributed by atoms with Crippen LogP contribution >= 0.6 is 0 Å². The van der Waals surface area contributed by atoms with Gasteiger partial charge in [0.1, 0.15) is 0 Å². The Balaban J connectivity index is 1.88. The zero-order chi connectivity index (χ0) is 16.4. The van der Waals surface area contributed by atoms with E-state index in [0.717, 1.165) is 36.0 Å². The number of nitrogens with zero attached hydrogens (tertiary/aromatic N) is 1. The number of aryl methyl sites for hydroxylation is 1. The maximum absolute atomic E-state index is 12.9. The number of hydrogen-bond donors (Lipinski definition) is 1. The van der Waals surface area contributed by atoms with Crippen LogP contribution in [0.2, 0.25) is 0 Å². The van der Waals surface area contributed by atoms with Gasteiger partial charge < -0.3 is 10.6 Å². The van der Waals surface area contributed by atoms with E-state index in [-0.39, 0.29) is 11.9 Å². The summed E-state index contributed by atoms with van der Waals surface area (Å²) in [7, 11) is 1.87. The Morgan fingerprint density at radius 3 is 2.65 bits per heavy atom. The van der Waals surface area contributed by atoms with Crippen LogP contribution in [0.4, 0.5) is 0 Å². The molecule has 3 nitrogen and oxygen atoms in total. The van der Waals surface area contributed by atoms with Gasteiger partial charge >= 0.3 is 0 Å². The van der Waals surface area contributed by atoms with Gasteiger partial charge in [-0.1, -0.05) is 36.4 Å². The second-order valence-corrected chi connectivity index (χ2v) is 6.54. The molecular weight excluding hydrogens is 284 g/mol. The predicted octanol–water partition coefficient (Wildman–Crippen LogP) is 3.08. The van der Waals surface area contributed by atoms with Crippen molar-refractivity contribution in [2.75, 3.05) is 7.05 Å². The fourth-order valence-electron chi connectivity index (χ4n) is 3.42. The summed E-state index contributed by atoms with van der Waals surface area (Å²) in [6.45, 7) is 2.74. The molecule has 3 heteroatoms. The molecule has 0 fully saturated rings. The van der Waals surface area contributed by atoms with Crippen molar-refractivity contribution in [3.63, 3.8) is 0 Å². The highest BCUT2D eigenvalue weighted by Crippen LogP contribution is 2.28. The van der Waals surface area contributed by atoms with Crippen LogP contribution in [-0.2, 0) is 19.4 Å². The van der Waals surface area contributed by atoms with Crippen molar-refractivity contribution in [3.05, 3.63) is 70.3 Å². The number of nitrogens with two attached hydrogens (primary N) is 1. The number of rotatable bonds is 3. The monoisotopic (exact) mass is 308 g/mol. The zero-order valence-electron chi connectivity index (χ0n) is 13.9. The van der Waals surface area contributed by atoms with E-state index in [2.05, 4.69) is 13.0 Å². The van der Waals surface area contributed by atoms with Crippen molar-refractivity contribution >= 4 is 5.91 Å². The second kappa shape index (κ2) is 6.55. The lowest BCUT2D eigenvalue weighted by Crippen LogP contribution is -2.32. The highest BCUT2D eigenvalue weighted by atomic mass is 16.2. The zero-order valence-corrected chi connectivity index (χ0v) is 13.9. The highest BCUT2D eigenvalue weighted by Gasteiger charge is 2.24. The van der Waals surface area contributed by atoms with Gasteiger partial charge in [-0.25, -0.2) is 0 Å². The summed E-state index contributed by atoms with van der Waals surface area (Å²) in [5.74, 6) is 0.0826. The normalized spacial score (nSPS) is 16.7. The van der Waals surface area contributed by atoms with E-state index in [1.54, 1.807) is 4.90 Å². The average molecular weight is 308 g/mol. The third kappa shape index (κ3) is 3.30. The lowest BCUT2D eigenvalue weighted by Gasteiger charge is -2.27. The summed E-state index contributed by atoms with van der Waals surface area (Å²) < 4.78 is 0. The standard InChI is InChI=1S/C20H24N2O/c1-14-8-10-18(19-12-16(21)9-11-17(14)19)20(23)22(2)13-15-6-4-3-5-7-15/h3-8,10,16H,9,11-13,21H2,1-2H3/t16-/m1/s1. The first-order valence-corrected chi connectivity index (χ1v) is 8.22. The van der Waals surface area contributed by atoms with E-state index < -0.39 is 0 Å². The van der Waals surface area contributed by atoms with Crippen molar-refractivity contribution in [1.29, 1.82) is 0 Å². The summed E-state index contributed by atoms with van der Waals surface area (Å²) in [5, 5.41) is 0. The number of carbonyl (C=O) groups is 1. The second-order valence-electron chi connectivity index (χ2n) is 6.54. The van der Waals surface area contributed by atoms with Crippen LogP contribution in [0.5, 0.6) is 0 Å². The van der Waals surface area contributed by atoms with Crippen molar-refractivity contribution in [2.24, 2.45) is 5.73 Å². The van der Waals surface area contributed by atoms with Gasteiger partial charge in [-0.15, -0.1) is 0 Å². The van der Waals surface area contributed by atoms with Crippen molar-refractivity contribution in [1.82, 2.24) is 4.90 Å². The Morgan fingerprint density at radius 1 is 1.17 bits per heavy atom. The van der Waals surface area contributed by atoms with Crippen molar-refractivity contribution in [3.8, 4) is 0 Å². The molecule has 1 amide bonds. The van der Waals surface area contributed by atoms with Crippen LogP contribution in [0.25, 0.3) is 0 Å². The van der Waals surface area contributed by atoms with Crippen LogP contribution in [0.3, 0.4) is 0 Å². The maximum atomic E-state index is 12.9. The Morgan fingerprint density at radius 2 is 1.91 bits per heavy atom. The Bertz CT molecular complexity index is 709. The number of carbonyl (C=O) groups excluding carboxylic acids is 1. The Kier molecular flexibility index (Phi) is 4.49. The van der Waals surface area contributed by atoms with Gasteiger partial charge in [0.2, 0.25) is 0 Å². The van der Waals surface area contributed by atoms with E-state index in [1.165, 1.54) is 11.1 Å². The molecule has 0 unspecified atom stereocenters. The molecule has 1 aliphatic carbocycles. The molecule has 2 N–H and O–H groups in total. The number of fused-ring (bicyclic) bond motifs is 1. The van der Waals surface area contributed by atoms with Gasteiger partial charge in [-0.3, -0.25) is 4.79 Å². The van der Waals surface area contributed by atoms with Crippen LogP contribution in [-0.4, -0.2) is 23.9 Å². The van der Waals surface area contributed by atoms with Gasteiger partial charge in [0.25, 0.3) is 5.91 Å². The molecule has 2 aromatic rings. The molecule has 0 heterocycles. The Labute approximate surface area is 138 Å². The number of amides is 1. The lowest BCUT2D eigenvalue weighted by molar-refractivity contribution is 0.0783. The van der Waals surface area contributed by atoms with Gasteiger partial charge in [0.05, 0.1) is 0 Å². The topological polar surface area (TPSA) is 46.3 Å². The molecule has 23 heavy (non-hydrogen) atoms. The minimum Gasteiger partial charge on any atom is -0.337 e. The third-order valence-electron chi connectivity index (χ3n) is 4.74. The average Bonchev–Trinajstić information content (AvgIpc) is 2.55. The minimum absolute atomic E-state index is 0.0826. The lowest BCUT2D eigenvalue weighted by atomic mass is 9.83. The third-order valence-corrected chi connectivity index (χ3v) is 4.74. The van der Waals surface area contributed by atoms with E-state index >= 15 is 0 Å². The fraction of sp³-hybridized carbons (Fsp3) is 0.350. The molecule has 1 aliphatic rings. The molecule has 0 bridgehead atoms. The molecule has 1 atom stereocenters. The van der Waals surface area contributed by atoms with Crippen LogP contribution in [0.1, 0.15) is 39.0 Å². The molecule has 120 valence electrons. The van der Waals surface area contributed by atoms with Gasteiger partial charge in [-0.2, -0.15) is 0 Å². The number of hydrogen-bond acceptors (Lipinski definition) is 2. The van der Waals surface area contributed by atoms with Crippen molar-refractivity contribution < 1.29 is 4.79 Å². The first-order chi connectivity index (χ1) is 11.1. The van der Waals surface area contributed by atoms with Crippen LogP contribution < -0.4 is 5.73 Å². The van der Waals surface area contributed by atoms with Gasteiger partial charge in [0, 0.05) is 25.2 Å². The summed E-state index contributed by atoms with van der Waals surface area (Å²) in [5.41, 5.74) is 11.9. The molecule has 0 saturated carbocycles. The molecule has 2 aromatic carbocycles. The molecule has 0 saturated heterocycles. The Hall–Kier alpha value is -2.13. The SMILES string of the molecule is Cc1ccc(C(=O)N(C)Cc2ccccc2)c2c1CC[C@@H](N)C2. The van der Waals surface area contributed by atoms with Crippen molar-refractivity contribution in [2.45, 2.75) is 38.8 Å². The molecule has 3 rings (SSSR count). The highest BCUT2D eigenvalue weighted by molar-refractivity contribution is 5.96. The summed E-state index contributed by atoms with van der Waals surface area (Å²) in [6, 6.07) is 14.3. The fourth-order valence-corrected chi connectivity index (χ4v) is 3.42. The molecule has 0 aromatic heterocycles. The van der Waals surface area contributed by atoms with Crippen LogP contribution in [0, 0.1) is 6.92 Å². The van der Waals surface area contributed by atoms with Crippen LogP contribution in [0.15, 0.2) is 42.5 Å². The molecular formula is C20H24N2O. The maximum Gasteiger partial charge on any atom is 0.254 e. The van der Waals surface area contributed by atoms with Gasteiger partial charge in [-0.05, 0) is 54.5 Å². The van der Waals surface area contributed by atoms with Gasteiger partial charge in [0.15, 0.2) is 0 Å². The minimum atomic E-state index is 0.0826. The summed E-state index contributed by atoms with van der Waals surface area (Å²) in [4.78, 5) is 14.7. The largest absolute Gasteiger partial charge is 0.337 e. The van der Waals surface area contributed by atoms with E-state index in [1.807, 2.05) is 43.4 Å². The first-order valence-electron chi connectivity index (χ1n) is 8.22.